The van der Waals surface area contributed by atoms with E-state index in [0.29, 0.717) is 18.4 Å². The Morgan fingerprint density at radius 3 is 2.95 bits per heavy atom. The molecule has 1 heterocycles. The van der Waals surface area contributed by atoms with Gasteiger partial charge in [-0.2, -0.15) is 4.98 Å². The zero-order valence-corrected chi connectivity index (χ0v) is 11.8. The van der Waals surface area contributed by atoms with Gasteiger partial charge in [-0.3, -0.25) is 0 Å². The number of aromatic nitrogens is 2. The molecule has 0 bridgehead atoms. The topological polar surface area (TPSA) is 73.1 Å². The normalized spacial score (nSPS) is 11.9. The van der Waals surface area contributed by atoms with E-state index in [0.717, 1.165) is 17.7 Å². The predicted molar refractivity (Wildman–Crippen MR) is 80.7 cm³/mol. The van der Waals surface area contributed by atoms with Crippen molar-refractivity contribution in [3.05, 3.63) is 42.1 Å². The summed E-state index contributed by atoms with van der Waals surface area (Å²) in [6.07, 6.45) is 2.64. The molecule has 0 aliphatic rings. The minimum absolute atomic E-state index is 0.0694. The highest BCUT2D eigenvalue weighted by molar-refractivity contribution is 5.43. The van der Waals surface area contributed by atoms with Crippen molar-refractivity contribution in [2.24, 2.45) is 0 Å². The zero-order valence-electron chi connectivity index (χ0n) is 11.8. The third kappa shape index (κ3) is 3.85. The molecule has 0 saturated heterocycles. The average Bonchev–Trinajstić information content (AvgIpc) is 2.45. The van der Waals surface area contributed by atoms with Crippen LogP contribution in [-0.4, -0.2) is 16.6 Å². The van der Waals surface area contributed by atoms with Crippen molar-refractivity contribution in [1.29, 1.82) is 0 Å². The molecule has 0 aliphatic heterocycles. The first-order valence-corrected chi connectivity index (χ1v) is 6.77. The third-order valence-corrected chi connectivity index (χ3v) is 2.84. The highest BCUT2D eigenvalue weighted by atomic mass is 16.5. The molecule has 1 atom stereocenters. The van der Waals surface area contributed by atoms with E-state index in [1.54, 1.807) is 12.3 Å². The van der Waals surface area contributed by atoms with E-state index >= 15 is 0 Å². The molecule has 1 aromatic heterocycles. The van der Waals surface area contributed by atoms with Crippen LogP contribution in [0.3, 0.4) is 0 Å². The minimum atomic E-state index is 0.0694. The number of hydrogen-bond donors (Lipinski definition) is 2. The van der Waals surface area contributed by atoms with Crippen molar-refractivity contribution in [3.63, 3.8) is 0 Å². The first kappa shape index (κ1) is 14.1. The molecule has 0 radical (unpaired) electrons. The van der Waals surface area contributed by atoms with Crippen molar-refractivity contribution >= 4 is 11.6 Å². The Balaban J connectivity index is 2.05. The smallest absolute Gasteiger partial charge is 0.226 e. The quantitative estimate of drug-likeness (QED) is 0.791. The van der Waals surface area contributed by atoms with Gasteiger partial charge in [0.25, 0.3) is 0 Å². The molecule has 5 nitrogen and oxygen atoms in total. The van der Waals surface area contributed by atoms with Crippen LogP contribution in [0.1, 0.15) is 31.9 Å². The van der Waals surface area contributed by atoms with E-state index < -0.39 is 0 Å². The van der Waals surface area contributed by atoms with Gasteiger partial charge in [-0.15, -0.1) is 0 Å². The molecule has 2 aromatic rings. The SMILES string of the molecule is CCCOc1ccnc(NC(C)c2cccc(N)c2)n1. The monoisotopic (exact) mass is 272 g/mol. The summed E-state index contributed by atoms with van der Waals surface area (Å²) in [6, 6.07) is 9.59. The van der Waals surface area contributed by atoms with Crippen LogP contribution in [0.15, 0.2) is 36.5 Å². The molecule has 0 fully saturated rings. The number of ether oxygens (including phenoxy) is 1. The van der Waals surface area contributed by atoms with Crippen molar-refractivity contribution in [3.8, 4) is 5.88 Å². The van der Waals surface area contributed by atoms with Gasteiger partial charge in [-0.25, -0.2) is 4.98 Å². The second-order valence-corrected chi connectivity index (χ2v) is 4.60. The molecule has 5 heteroatoms. The second kappa shape index (κ2) is 6.75. The fourth-order valence-electron chi connectivity index (χ4n) is 1.80. The van der Waals surface area contributed by atoms with Gasteiger partial charge in [0.15, 0.2) is 0 Å². The molecule has 20 heavy (non-hydrogen) atoms. The number of benzene rings is 1. The highest BCUT2D eigenvalue weighted by Crippen LogP contribution is 2.19. The maximum absolute atomic E-state index is 5.79. The highest BCUT2D eigenvalue weighted by Gasteiger charge is 2.08. The Kier molecular flexibility index (Phi) is 4.76. The van der Waals surface area contributed by atoms with Crippen LogP contribution in [0, 0.1) is 0 Å². The van der Waals surface area contributed by atoms with Gasteiger partial charge in [-0.1, -0.05) is 19.1 Å². The van der Waals surface area contributed by atoms with Gasteiger partial charge in [0.05, 0.1) is 12.6 Å². The lowest BCUT2D eigenvalue weighted by atomic mass is 10.1. The Morgan fingerprint density at radius 2 is 2.20 bits per heavy atom. The van der Waals surface area contributed by atoms with Crippen LogP contribution in [0.4, 0.5) is 11.6 Å². The molecule has 0 aliphatic carbocycles. The number of anilines is 2. The summed E-state index contributed by atoms with van der Waals surface area (Å²) in [5, 5.41) is 3.24. The lowest BCUT2D eigenvalue weighted by molar-refractivity contribution is 0.305. The van der Waals surface area contributed by atoms with E-state index in [-0.39, 0.29) is 6.04 Å². The van der Waals surface area contributed by atoms with Crippen molar-refractivity contribution in [2.45, 2.75) is 26.3 Å². The Hall–Kier alpha value is -2.30. The Morgan fingerprint density at radius 1 is 1.35 bits per heavy atom. The van der Waals surface area contributed by atoms with Crippen LogP contribution in [0.2, 0.25) is 0 Å². The molecule has 0 amide bonds. The first-order chi connectivity index (χ1) is 9.69. The van der Waals surface area contributed by atoms with Gasteiger partial charge in [0.1, 0.15) is 0 Å². The zero-order chi connectivity index (χ0) is 14.4. The summed E-state index contributed by atoms with van der Waals surface area (Å²) >= 11 is 0. The maximum Gasteiger partial charge on any atom is 0.226 e. The van der Waals surface area contributed by atoms with Crippen molar-refractivity contribution in [1.82, 2.24) is 9.97 Å². The molecule has 2 rings (SSSR count). The molecule has 1 aromatic carbocycles. The summed E-state index contributed by atoms with van der Waals surface area (Å²) in [6.45, 7) is 4.75. The van der Waals surface area contributed by atoms with Gasteiger partial charge in [0, 0.05) is 18.0 Å². The average molecular weight is 272 g/mol. The molecular weight excluding hydrogens is 252 g/mol. The van der Waals surface area contributed by atoms with Crippen LogP contribution in [-0.2, 0) is 0 Å². The van der Waals surface area contributed by atoms with E-state index in [1.165, 1.54) is 0 Å². The van der Waals surface area contributed by atoms with E-state index in [9.17, 15) is 0 Å². The number of nitrogens with zero attached hydrogens (tertiary/aromatic N) is 2. The fourth-order valence-corrected chi connectivity index (χ4v) is 1.80. The summed E-state index contributed by atoms with van der Waals surface area (Å²) in [5.74, 6) is 1.14. The Bertz CT molecular complexity index is 559. The van der Waals surface area contributed by atoms with Gasteiger partial charge < -0.3 is 15.8 Å². The van der Waals surface area contributed by atoms with E-state index in [1.807, 2.05) is 31.2 Å². The lowest BCUT2D eigenvalue weighted by Crippen LogP contribution is -2.10. The number of nitrogens with one attached hydrogen (secondary N) is 1. The molecule has 106 valence electrons. The number of hydrogen-bond acceptors (Lipinski definition) is 5. The van der Waals surface area contributed by atoms with Gasteiger partial charge >= 0.3 is 0 Å². The van der Waals surface area contributed by atoms with E-state index in [4.69, 9.17) is 10.5 Å². The van der Waals surface area contributed by atoms with Crippen LogP contribution in [0.5, 0.6) is 5.88 Å². The molecule has 0 saturated carbocycles. The Labute approximate surface area is 119 Å². The van der Waals surface area contributed by atoms with Gasteiger partial charge in [0.2, 0.25) is 11.8 Å². The van der Waals surface area contributed by atoms with Crippen LogP contribution >= 0.6 is 0 Å². The number of nitrogen functional groups attached to an aromatic ring is 1. The lowest BCUT2D eigenvalue weighted by Gasteiger charge is -2.15. The third-order valence-electron chi connectivity index (χ3n) is 2.84. The van der Waals surface area contributed by atoms with Gasteiger partial charge in [-0.05, 0) is 31.0 Å². The first-order valence-electron chi connectivity index (χ1n) is 6.77. The van der Waals surface area contributed by atoms with Crippen molar-refractivity contribution in [2.75, 3.05) is 17.7 Å². The minimum Gasteiger partial charge on any atom is -0.478 e. The van der Waals surface area contributed by atoms with Crippen molar-refractivity contribution < 1.29 is 4.74 Å². The van der Waals surface area contributed by atoms with Crippen LogP contribution < -0.4 is 15.8 Å². The van der Waals surface area contributed by atoms with E-state index in [2.05, 4.69) is 22.2 Å². The standard InChI is InChI=1S/C15H20N4O/c1-3-9-20-14-7-8-17-15(19-14)18-11(2)12-5-4-6-13(16)10-12/h4-8,10-11H,3,9,16H2,1-2H3,(H,17,18,19). The molecule has 0 spiro atoms. The molecular formula is C15H20N4O. The number of rotatable bonds is 6. The van der Waals surface area contributed by atoms with Crippen LogP contribution in [0.25, 0.3) is 0 Å². The summed E-state index contributed by atoms with van der Waals surface area (Å²) in [4.78, 5) is 8.52. The molecule has 1 unspecified atom stereocenters. The summed E-state index contributed by atoms with van der Waals surface area (Å²) < 4.78 is 5.49. The fraction of sp³-hybridized carbons (Fsp3) is 0.333. The summed E-state index contributed by atoms with van der Waals surface area (Å²) in [5.41, 5.74) is 7.63. The summed E-state index contributed by atoms with van der Waals surface area (Å²) in [7, 11) is 0. The molecule has 3 N–H and O–H groups in total. The second-order valence-electron chi connectivity index (χ2n) is 4.60. The maximum atomic E-state index is 5.79. The predicted octanol–water partition coefficient (Wildman–Crippen LogP) is 3.02. The largest absolute Gasteiger partial charge is 0.478 e. The number of nitrogens with two attached hydrogens (primary N) is 1.